The highest BCUT2D eigenvalue weighted by Gasteiger charge is 2.29. The Labute approximate surface area is 159 Å². The van der Waals surface area contributed by atoms with Crippen molar-refractivity contribution < 1.29 is 0 Å². The first-order chi connectivity index (χ1) is 12.7. The molecular formula is C21H26ClN3O. The van der Waals surface area contributed by atoms with Crippen molar-refractivity contribution in [2.75, 3.05) is 31.1 Å². The molecule has 0 saturated carbocycles. The SMILES string of the molecule is O=c1cc(C2CCN(C3CCN(c4ccccc4Cl)CC3)CC2)cc[nH]1. The van der Waals surface area contributed by atoms with Gasteiger partial charge in [-0.2, -0.15) is 0 Å². The third-order valence-electron chi connectivity index (χ3n) is 5.97. The van der Waals surface area contributed by atoms with Crippen molar-refractivity contribution in [1.29, 1.82) is 0 Å². The molecule has 2 fully saturated rings. The quantitative estimate of drug-likeness (QED) is 0.890. The van der Waals surface area contributed by atoms with E-state index >= 15 is 0 Å². The van der Waals surface area contributed by atoms with E-state index in [2.05, 4.69) is 33.0 Å². The molecule has 1 aromatic carbocycles. The standard InChI is InChI=1S/C21H26ClN3O/c22-19-3-1-2-4-20(19)25-13-8-18(9-14-25)24-11-6-16(7-12-24)17-5-10-23-21(26)15-17/h1-5,10,15-16,18H,6-9,11-14H2,(H,23,26). The molecule has 0 aliphatic carbocycles. The van der Waals surface area contributed by atoms with E-state index in [4.69, 9.17) is 11.6 Å². The van der Waals surface area contributed by atoms with Crippen LogP contribution in [0.3, 0.4) is 0 Å². The summed E-state index contributed by atoms with van der Waals surface area (Å²) in [5, 5.41) is 0.851. The van der Waals surface area contributed by atoms with Gasteiger partial charge in [0.15, 0.2) is 0 Å². The second-order valence-electron chi connectivity index (χ2n) is 7.47. The van der Waals surface area contributed by atoms with Gasteiger partial charge in [0.2, 0.25) is 5.56 Å². The molecule has 2 aliphatic rings. The molecule has 1 N–H and O–H groups in total. The van der Waals surface area contributed by atoms with Crippen molar-refractivity contribution in [3.8, 4) is 0 Å². The molecule has 138 valence electrons. The van der Waals surface area contributed by atoms with Crippen LogP contribution in [0.15, 0.2) is 47.4 Å². The molecule has 3 heterocycles. The molecule has 1 aromatic heterocycles. The van der Waals surface area contributed by atoms with Crippen LogP contribution in [0.4, 0.5) is 5.69 Å². The molecule has 0 radical (unpaired) electrons. The first-order valence-corrected chi connectivity index (χ1v) is 10.0. The van der Waals surface area contributed by atoms with E-state index in [1.54, 1.807) is 12.3 Å². The summed E-state index contributed by atoms with van der Waals surface area (Å²) in [6.07, 6.45) is 6.46. The average Bonchev–Trinajstić information content (AvgIpc) is 2.69. The topological polar surface area (TPSA) is 39.3 Å². The van der Waals surface area contributed by atoms with Crippen molar-refractivity contribution in [2.45, 2.75) is 37.6 Å². The molecule has 0 unspecified atom stereocenters. The van der Waals surface area contributed by atoms with Gasteiger partial charge in [0, 0.05) is 31.4 Å². The summed E-state index contributed by atoms with van der Waals surface area (Å²) in [5.41, 5.74) is 2.37. The van der Waals surface area contributed by atoms with Crippen LogP contribution in [0.1, 0.15) is 37.2 Å². The molecule has 4 rings (SSSR count). The van der Waals surface area contributed by atoms with Gasteiger partial charge < -0.3 is 14.8 Å². The third-order valence-corrected chi connectivity index (χ3v) is 6.29. The minimum Gasteiger partial charge on any atom is -0.370 e. The summed E-state index contributed by atoms with van der Waals surface area (Å²) in [6, 6.07) is 12.6. The number of pyridine rings is 1. The highest BCUT2D eigenvalue weighted by molar-refractivity contribution is 6.33. The summed E-state index contributed by atoms with van der Waals surface area (Å²) in [6.45, 7) is 4.41. The van der Waals surface area contributed by atoms with E-state index in [9.17, 15) is 4.79 Å². The zero-order valence-corrected chi connectivity index (χ0v) is 15.8. The minimum absolute atomic E-state index is 0.0110. The van der Waals surface area contributed by atoms with Crippen LogP contribution in [0.5, 0.6) is 0 Å². The number of aromatic amines is 1. The largest absolute Gasteiger partial charge is 0.370 e. The van der Waals surface area contributed by atoms with Gasteiger partial charge in [0.25, 0.3) is 0 Å². The van der Waals surface area contributed by atoms with Crippen LogP contribution in [0.25, 0.3) is 0 Å². The van der Waals surface area contributed by atoms with Gasteiger partial charge in [-0.15, -0.1) is 0 Å². The van der Waals surface area contributed by atoms with Crippen LogP contribution < -0.4 is 10.5 Å². The Hall–Kier alpha value is -1.78. The fraction of sp³-hybridized carbons (Fsp3) is 0.476. The van der Waals surface area contributed by atoms with Gasteiger partial charge in [-0.25, -0.2) is 0 Å². The summed E-state index contributed by atoms with van der Waals surface area (Å²) < 4.78 is 0. The molecule has 2 aromatic rings. The van der Waals surface area contributed by atoms with Crippen molar-refractivity contribution in [3.05, 3.63) is 63.5 Å². The molecule has 2 aliphatic heterocycles. The zero-order valence-electron chi connectivity index (χ0n) is 15.0. The van der Waals surface area contributed by atoms with E-state index in [0.29, 0.717) is 12.0 Å². The number of halogens is 1. The van der Waals surface area contributed by atoms with Crippen molar-refractivity contribution in [1.82, 2.24) is 9.88 Å². The molecular weight excluding hydrogens is 346 g/mol. The lowest BCUT2D eigenvalue weighted by atomic mass is 9.88. The Morgan fingerprint density at radius 1 is 0.962 bits per heavy atom. The summed E-state index contributed by atoms with van der Waals surface area (Å²) >= 11 is 6.35. The molecule has 0 spiro atoms. The van der Waals surface area contributed by atoms with E-state index in [0.717, 1.165) is 44.0 Å². The van der Waals surface area contributed by atoms with Crippen LogP contribution in [-0.2, 0) is 0 Å². The van der Waals surface area contributed by atoms with Gasteiger partial charge >= 0.3 is 0 Å². The smallest absolute Gasteiger partial charge is 0.248 e. The van der Waals surface area contributed by atoms with Gasteiger partial charge in [0.1, 0.15) is 0 Å². The van der Waals surface area contributed by atoms with Gasteiger partial charge in [-0.3, -0.25) is 4.79 Å². The fourth-order valence-corrected chi connectivity index (χ4v) is 4.75. The molecule has 0 bridgehead atoms. The number of hydrogen-bond acceptors (Lipinski definition) is 3. The number of hydrogen-bond donors (Lipinski definition) is 1. The molecule has 4 nitrogen and oxygen atoms in total. The monoisotopic (exact) mass is 371 g/mol. The van der Waals surface area contributed by atoms with E-state index in [-0.39, 0.29) is 5.56 Å². The molecule has 2 saturated heterocycles. The van der Waals surface area contributed by atoms with Crippen LogP contribution in [0.2, 0.25) is 5.02 Å². The minimum atomic E-state index is 0.0110. The number of para-hydroxylation sites is 1. The zero-order chi connectivity index (χ0) is 17.9. The number of rotatable bonds is 3. The van der Waals surface area contributed by atoms with E-state index < -0.39 is 0 Å². The second kappa shape index (κ2) is 7.85. The first kappa shape index (κ1) is 17.6. The molecule has 0 atom stereocenters. The van der Waals surface area contributed by atoms with Gasteiger partial charge in [-0.05, 0) is 68.5 Å². The number of nitrogens with one attached hydrogen (secondary N) is 1. The number of piperidine rings is 2. The van der Waals surface area contributed by atoms with E-state index in [1.165, 1.54) is 24.1 Å². The average molecular weight is 372 g/mol. The number of anilines is 1. The van der Waals surface area contributed by atoms with Crippen molar-refractivity contribution in [3.63, 3.8) is 0 Å². The Morgan fingerprint density at radius 3 is 2.38 bits per heavy atom. The lowest BCUT2D eigenvalue weighted by Gasteiger charge is -2.42. The van der Waals surface area contributed by atoms with Gasteiger partial charge in [0.05, 0.1) is 10.7 Å². The normalized spacial score (nSPS) is 20.4. The van der Waals surface area contributed by atoms with Crippen LogP contribution >= 0.6 is 11.6 Å². The Bertz CT molecular complexity index is 790. The first-order valence-electron chi connectivity index (χ1n) is 9.63. The maximum Gasteiger partial charge on any atom is 0.248 e. The lowest BCUT2D eigenvalue weighted by molar-refractivity contribution is 0.132. The lowest BCUT2D eigenvalue weighted by Crippen LogP contribution is -2.47. The molecule has 26 heavy (non-hydrogen) atoms. The summed E-state index contributed by atoms with van der Waals surface area (Å²) in [4.78, 5) is 19.3. The Balaban J connectivity index is 1.31. The highest BCUT2D eigenvalue weighted by atomic mass is 35.5. The van der Waals surface area contributed by atoms with Crippen molar-refractivity contribution in [2.24, 2.45) is 0 Å². The second-order valence-corrected chi connectivity index (χ2v) is 7.87. The Morgan fingerprint density at radius 2 is 1.69 bits per heavy atom. The highest BCUT2D eigenvalue weighted by Crippen LogP contribution is 2.32. The van der Waals surface area contributed by atoms with Crippen molar-refractivity contribution >= 4 is 17.3 Å². The number of benzene rings is 1. The maximum absolute atomic E-state index is 11.5. The van der Waals surface area contributed by atoms with Crippen LogP contribution in [-0.4, -0.2) is 42.1 Å². The number of H-pyrrole nitrogens is 1. The van der Waals surface area contributed by atoms with E-state index in [1.807, 2.05) is 12.1 Å². The predicted molar refractivity (Wildman–Crippen MR) is 107 cm³/mol. The van der Waals surface area contributed by atoms with Gasteiger partial charge in [-0.1, -0.05) is 23.7 Å². The molecule has 0 amide bonds. The number of aromatic nitrogens is 1. The summed E-state index contributed by atoms with van der Waals surface area (Å²) in [5.74, 6) is 0.525. The third kappa shape index (κ3) is 3.81. The summed E-state index contributed by atoms with van der Waals surface area (Å²) in [7, 11) is 0. The fourth-order valence-electron chi connectivity index (χ4n) is 4.49. The Kier molecular flexibility index (Phi) is 5.32. The van der Waals surface area contributed by atoms with Crippen LogP contribution in [0, 0.1) is 0 Å². The predicted octanol–water partition coefficient (Wildman–Crippen LogP) is 3.88. The number of likely N-dealkylation sites (tertiary alicyclic amines) is 1. The molecule has 5 heteroatoms. The number of nitrogens with zero attached hydrogens (tertiary/aromatic N) is 2. The maximum atomic E-state index is 11.5.